The minimum atomic E-state index is 0.398. The molecule has 8 heteroatoms. The molecule has 0 bridgehead atoms. The molecule has 2 heterocycles. The number of hydrogen-bond donors (Lipinski definition) is 1. The first-order valence-electron chi connectivity index (χ1n) is 4.42. The molecule has 0 radical (unpaired) electrons. The first-order valence-corrected chi connectivity index (χ1v) is 5.62. The van der Waals surface area contributed by atoms with Crippen molar-refractivity contribution in [1.29, 1.82) is 0 Å². The Hall–Kier alpha value is -1.34. The first kappa shape index (κ1) is 11.2. The van der Waals surface area contributed by atoms with Gasteiger partial charge < -0.3 is 5.84 Å². The summed E-state index contributed by atoms with van der Waals surface area (Å²) in [5.41, 5.74) is 0. The van der Waals surface area contributed by atoms with Gasteiger partial charge in [-0.2, -0.15) is 0 Å². The second kappa shape index (κ2) is 4.26. The summed E-state index contributed by atoms with van der Waals surface area (Å²) in [5, 5.41) is 9.42. The van der Waals surface area contributed by atoms with Gasteiger partial charge in [0.15, 0.2) is 0 Å². The van der Waals surface area contributed by atoms with Gasteiger partial charge in [-0.05, 0) is 25.6 Å². The van der Waals surface area contributed by atoms with Crippen LogP contribution in [0.1, 0.15) is 11.6 Å². The van der Waals surface area contributed by atoms with Gasteiger partial charge in [-0.3, -0.25) is 0 Å². The minimum Gasteiger partial charge on any atom is -0.336 e. The van der Waals surface area contributed by atoms with Gasteiger partial charge in [-0.1, -0.05) is 11.6 Å². The molecule has 0 aromatic carbocycles. The van der Waals surface area contributed by atoms with Gasteiger partial charge in [-0.25, -0.2) is 14.6 Å². The van der Waals surface area contributed by atoms with Crippen molar-refractivity contribution in [3.05, 3.63) is 22.9 Å². The normalized spacial score (nSPS) is 10.7. The van der Waals surface area contributed by atoms with Crippen LogP contribution in [-0.4, -0.2) is 24.8 Å². The van der Waals surface area contributed by atoms with E-state index in [2.05, 4.69) is 20.2 Å². The Morgan fingerprint density at radius 3 is 2.62 bits per heavy atom. The molecule has 0 atom stereocenters. The van der Waals surface area contributed by atoms with Gasteiger partial charge >= 0.3 is 0 Å². The highest BCUT2D eigenvalue weighted by atomic mass is 35.5. The highest BCUT2D eigenvalue weighted by Crippen LogP contribution is 2.25. The molecule has 2 N–H and O–H groups in total. The van der Waals surface area contributed by atoms with E-state index in [-0.39, 0.29) is 0 Å². The van der Waals surface area contributed by atoms with Crippen LogP contribution in [0.5, 0.6) is 0 Å². The molecule has 0 spiro atoms. The van der Waals surface area contributed by atoms with Crippen molar-refractivity contribution >= 4 is 23.4 Å². The summed E-state index contributed by atoms with van der Waals surface area (Å²) in [5.74, 6) is 6.97. The standard InChI is InChI=1S/C8H9ClN6S/c1-4-11-6(9)3-7(12-4)16-8-14-13-5(2)15(8)10/h3H,10H2,1-2H3. The van der Waals surface area contributed by atoms with E-state index in [1.165, 1.54) is 16.4 Å². The molecule has 0 unspecified atom stereocenters. The fourth-order valence-corrected chi connectivity index (χ4v) is 2.21. The number of hydrogen-bond acceptors (Lipinski definition) is 6. The minimum absolute atomic E-state index is 0.398. The topological polar surface area (TPSA) is 82.5 Å². The third-order valence-electron chi connectivity index (χ3n) is 1.81. The van der Waals surface area contributed by atoms with Crippen molar-refractivity contribution in [2.45, 2.75) is 24.0 Å². The number of aromatic nitrogens is 5. The van der Waals surface area contributed by atoms with Gasteiger partial charge in [0.1, 0.15) is 21.8 Å². The van der Waals surface area contributed by atoms with Crippen LogP contribution >= 0.6 is 23.4 Å². The molecule has 0 aliphatic heterocycles. The molecule has 0 aliphatic carbocycles. The van der Waals surface area contributed by atoms with E-state index in [0.29, 0.717) is 27.0 Å². The largest absolute Gasteiger partial charge is 0.336 e. The molecule has 0 saturated carbocycles. The highest BCUT2D eigenvalue weighted by molar-refractivity contribution is 7.99. The predicted molar refractivity (Wildman–Crippen MR) is 60.8 cm³/mol. The summed E-state index contributed by atoms with van der Waals surface area (Å²) in [6, 6.07) is 1.66. The van der Waals surface area contributed by atoms with E-state index >= 15 is 0 Å². The van der Waals surface area contributed by atoms with Crippen molar-refractivity contribution < 1.29 is 0 Å². The first-order chi connectivity index (χ1) is 7.56. The summed E-state index contributed by atoms with van der Waals surface area (Å²) in [4.78, 5) is 8.18. The number of nitrogens with two attached hydrogens (primary N) is 1. The maximum atomic E-state index is 5.82. The number of rotatable bonds is 2. The quantitative estimate of drug-likeness (QED) is 0.642. The zero-order valence-electron chi connectivity index (χ0n) is 8.68. The SMILES string of the molecule is Cc1nc(Cl)cc(Sc2nnc(C)n2N)n1. The molecule has 0 amide bonds. The Labute approximate surface area is 101 Å². The van der Waals surface area contributed by atoms with Gasteiger partial charge in [-0.15, -0.1) is 10.2 Å². The summed E-state index contributed by atoms with van der Waals surface area (Å²) in [6.07, 6.45) is 0. The Morgan fingerprint density at radius 2 is 2.06 bits per heavy atom. The van der Waals surface area contributed by atoms with Gasteiger partial charge in [0.05, 0.1) is 0 Å². The van der Waals surface area contributed by atoms with Crippen LogP contribution in [0, 0.1) is 13.8 Å². The molecular formula is C8H9ClN6S. The molecule has 84 valence electrons. The van der Waals surface area contributed by atoms with E-state index in [4.69, 9.17) is 17.4 Å². The molecule has 6 nitrogen and oxygen atoms in total. The highest BCUT2D eigenvalue weighted by Gasteiger charge is 2.09. The predicted octanol–water partition coefficient (Wildman–Crippen LogP) is 1.20. The average molecular weight is 257 g/mol. The smallest absolute Gasteiger partial charge is 0.216 e. The summed E-state index contributed by atoms with van der Waals surface area (Å²) in [7, 11) is 0. The number of aryl methyl sites for hydroxylation is 2. The third-order valence-corrected chi connectivity index (χ3v) is 2.89. The molecule has 2 rings (SSSR count). The maximum absolute atomic E-state index is 5.82. The zero-order chi connectivity index (χ0) is 11.7. The number of halogens is 1. The molecule has 2 aromatic heterocycles. The lowest BCUT2D eigenvalue weighted by Crippen LogP contribution is -2.11. The van der Waals surface area contributed by atoms with Gasteiger partial charge in [0.25, 0.3) is 0 Å². The van der Waals surface area contributed by atoms with Crippen molar-refractivity contribution in [3.8, 4) is 0 Å². The summed E-state index contributed by atoms with van der Waals surface area (Å²) < 4.78 is 1.40. The van der Waals surface area contributed by atoms with Crippen LogP contribution in [0.3, 0.4) is 0 Å². The van der Waals surface area contributed by atoms with Crippen LogP contribution in [0.25, 0.3) is 0 Å². The van der Waals surface area contributed by atoms with Crippen LogP contribution in [0.2, 0.25) is 5.15 Å². The monoisotopic (exact) mass is 256 g/mol. The Morgan fingerprint density at radius 1 is 1.31 bits per heavy atom. The molecule has 0 saturated heterocycles. The second-order valence-electron chi connectivity index (χ2n) is 3.08. The molecule has 16 heavy (non-hydrogen) atoms. The lowest BCUT2D eigenvalue weighted by molar-refractivity contribution is 0.822. The molecule has 0 fully saturated rings. The van der Waals surface area contributed by atoms with Crippen LogP contribution < -0.4 is 5.84 Å². The number of nitrogens with zero attached hydrogens (tertiary/aromatic N) is 5. The average Bonchev–Trinajstić information content (AvgIpc) is 2.48. The van der Waals surface area contributed by atoms with Crippen LogP contribution in [0.15, 0.2) is 16.2 Å². The van der Waals surface area contributed by atoms with E-state index < -0.39 is 0 Å². The fourth-order valence-electron chi connectivity index (χ4n) is 1.07. The maximum Gasteiger partial charge on any atom is 0.216 e. The molecular weight excluding hydrogens is 248 g/mol. The van der Waals surface area contributed by atoms with Crippen LogP contribution in [-0.2, 0) is 0 Å². The zero-order valence-corrected chi connectivity index (χ0v) is 10.2. The summed E-state index contributed by atoms with van der Waals surface area (Å²) >= 11 is 7.11. The summed E-state index contributed by atoms with van der Waals surface area (Å²) in [6.45, 7) is 3.55. The molecule has 2 aromatic rings. The number of nitrogen functional groups attached to an aromatic ring is 1. The van der Waals surface area contributed by atoms with Crippen molar-refractivity contribution in [2.24, 2.45) is 0 Å². The lowest BCUT2D eigenvalue weighted by Gasteiger charge is -2.01. The Bertz CT molecular complexity index is 505. The van der Waals surface area contributed by atoms with Crippen molar-refractivity contribution in [3.63, 3.8) is 0 Å². The lowest BCUT2D eigenvalue weighted by atomic mass is 10.6. The molecule has 0 aliphatic rings. The van der Waals surface area contributed by atoms with Crippen molar-refractivity contribution in [2.75, 3.05) is 5.84 Å². The fraction of sp³-hybridized carbons (Fsp3) is 0.250. The van der Waals surface area contributed by atoms with E-state index in [1.54, 1.807) is 19.9 Å². The van der Waals surface area contributed by atoms with E-state index in [1.807, 2.05) is 0 Å². The Kier molecular flexibility index (Phi) is 2.97. The Balaban J connectivity index is 2.30. The third kappa shape index (κ3) is 2.25. The van der Waals surface area contributed by atoms with E-state index in [9.17, 15) is 0 Å². The second-order valence-corrected chi connectivity index (χ2v) is 4.45. The van der Waals surface area contributed by atoms with Gasteiger partial charge in [0.2, 0.25) is 5.16 Å². The van der Waals surface area contributed by atoms with E-state index in [0.717, 1.165) is 0 Å². The van der Waals surface area contributed by atoms with Crippen molar-refractivity contribution in [1.82, 2.24) is 24.8 Å². The van der Waals surface area contributed by atoms with Gasteiger partial charge in [0, 0.05) is 6.07 Å². The van der Waals surface area contributed by atoms with Crippen LogP contribution in [0.4, 0.5) is 0 Å².